The molecule has 14 heavy (non-hydrogen) atoms. The van der Waals surface area contributed by atoms with Gasteiger partial charge in [-0.05, 0) is 26.8 Å². The average Bonchev–Trinajstić information content (AvgIpc) is 2.16. The molecular weight excluding hydrogens is 178 g/mol. The summed E-state index contributed by atoms with van der Waals surface area (Å²) in [4.78, 5) is 21.1. The van der Waals surface area contributed by atoms with E-state index in [-0.39, 0.29) is 11.8 Å². The molecule has 0 amide bonds. The highest BCUT2D eigenvalue weighted by Crippen LogP contribution is 2.06. The minimum Gasteiger partial charge on any atom is -0.311 e. The van der Waals surface area contributed by atoms with Crippen molar-refractivity contribution in [2.24, 2.45) is 0 Å². The summed E-state index contributed by atoms with van der Waals surface area (Å²) in [5, 5.41) is 2.94. The van der Waals surface area contributed by atoms with Crippen LogP contribution in [0.25, 0.3) is 0 Å². The van der Waals surface area contributed by atoms with Crippen LogP contribution in [0, 0.1) is 0 Å². The molecule has 0 aliphatic rings. The van der Waals surface area contributed by atoms with Gasteiger partial charge in [-0.1, -0.05) is 19.3 Å². The van der Waals surface area contributed by atoms with E-state index in [9.17, 15) is 9.59 Å². The highest BCUT2D eigenvalue weighted by Gasteiger charge is 2.02. The van der Waals surface area contributed by atoms with Gasteiger partial charge in [0.05, 0.1) is 6.04 Å². The molecule has 0 bridgehead atoms. The molecular formula is C11H21NO2. The van der Waals surface area contributed by atoms with Gasteiger partial charge in [0.1, 0.15) is 12.1 Å². The summed E-state index contributed by atoms with van der Waals surface area (Å²) in [5.74, 6) is 0.269. The third-order valence-electron chi connectivity index (χ3n) is 2.33. The van der Waals surface area contributed by atoms with Crippen molar-refractivity contribution in [3.8, 4) is 0 Å². The number of carbonyl (C=O) groups excluding carboxylic acids is 2. The molecule has 82 valence electrons. The van der Waals surface area contributed by atoms with Gasteiger partial charge in [0, 0.05) is 6.42 Å². The van der Waals surface area contributed by atoms with Crippen molar-refractivity contribution >= 4 is 12.1 Å². The zero-order chi connectivity index (χ0) is 10.8. The lowest BCUT2D eigenvalue weighted by Crippen LogP contribution is -2.26. The number of rotatable bonds is 9. The number of Topliss-reactive ketones (excluding diaryl/α,β-unsaturated/α-hetero) is 1. The predicted molar refractivity (Wildman–Crippen MR) is 57.3 cm³/mol. The largest absolute Gasteiger partial charge is 0.311 e. The first-order chi connectivity index (χ1) is 6.70. The van der Waals surface area contributed by atoms with E-state index in [4.69, 9.17) is 0 Å². The fourth-order valence-electron chi connectivity index (χ4n) is 1.37. The van der Waals surface area contributed by atoms with Crippen LogP contribution in [0.5, 0.6) is 0 Å². The van der Waals surface area contributed by atoms with E-state index in [1.54, 1.807) is 14.0 Å². The molecule has 1 unspecified atom stereocenters. The third-order valence-corrected chi connectivity index (χ3v) is 2.33. The van der Waals surface area contributed by atoms with Crippen LogP contribution < -0.4 is 5.32 Å². The van der Waals surface area contributed by atoms with Gasteiger partial charge in [0.2, 0.25) is 0 Å². The van der Waals surface area contributed by atoms with Crippen molar-refractivity contribution in [1.82, 2.24) is 5.32 Å². The summed E-state index contributed by atoms with van der Waals surface area (Å²) >= 11 is 0. The van der Waals surface area contributed by atoms with Crippen molar-refractivity contribution < 1.29 is 9.59 Å². The molecule has 0 aromatic heterocycles. The molecule has 0 aliphatic heterocycles. The Hall–Kier alpha value is -0.700. The molecule has 1 atom stereocenters. The van der Waals surface area contributed by atoms with Gasteiger partial charge in [-0.2, -0.15) is 0 Å². The molecule has 0 radical (unpaired) electrons. The standard InChI is InChI=1S/C11H21NO2/c1-10(14)7-5-3-4-6-8-11(9-13)12-2/h9,11-12H,3-8H2,1-2H3. The van der Waals surface area contributed by atoms with Crippen molar-refractivity contribution in [1.29, 1.82) is 0 Å². The number of ketones is 1. The van der Waals surface area contributed by atoms with Crippen LogP contribution >= 0.6 is 0 Å². The van der Waals surface area contributed by atoms with Crippen LogP contribution in [0.4, 0.5) is 0 Å². The molecule has 3 nitrogen and oxygen atoms in total. The molecule has 0 saturated carbocycles. The van der Waals surface area contributed by atoms with E-state index in [0.717, 1.165) is 38.4 Å². The van der Waals surface area contributed by atoms with Crippen molar-refractivity contribution in [3.63, 3.8) is 0 Å². The second-order valence-corrected chi connectivity index (χ2v) is 3.69. The lowest BCUT2D eigenvalue weighted by Gasteiger charge is -2.07. The fraction of sp³-hybridized carbons (Fsp3) is 0.818. The Bertz CT molecular complexity index is 169. The summed E-state index contributed by atoms with van der Waals surface area (Å²) in [7, 11) is 1.80. The van der Waals surface area contributed by atoms with Crippen LogP contribution in [0.2, 0.25) is 0 Å². The van der Waals surface area contributed by atoms with Crippen LogP contribution in [0.1, 0.15) is 45.4 Å². The number of hydrogen-bond acceptors (Lipinski definition) is 3. The molecule has 1 N–H and O–H groups in total. The monoisotopic (exact) mass is 199 g/mol. The van der Waals surface area contributed by atoms with Crippen LogP contribution in [0.15, 0.2) is 0 Å². The summed E-state index contributed by atoms with van der Waals surface area (Å²) in [6.07, 6.45) is 6.80. The zero-order valence-corrected chi connectivity index (χ0v) is 9.21. The van der Waals surface area contributed by atoms with Gasteiger partial charge in [-0.25, -0.2) is 0 Å². The van der Waals surface area contributed by atoms with Crippen molar-refractivity contribution in [2.45, 2.75) is 51.5 Å². The van der Waals surface area contributed by atoms with Gasteiger partial charge in [-0.3, -0.25) is 0 Å². The molecule has 0 aromatic rings. The Morgan fingerprint density at radius 1 is 1.29 bits per heavy atom. The SMILES string of the molecule is CNC(C=O)CCCCCCC(C)=O. The quantitative estimate of drug-likeness (QED) is 0.454. The zero-order valence-electron chi connectivity index (χ0n) is 9.21. The van der Waals surface area contributed by atoms with Gasteiger partial charge >= 0.3 is 0 Å². The highest BCUT2D eigenvalue weighted by molar-refractivity contribution is 5.75. The van der Waals surface area contributed by atoms with Crippen molar-refractivity contribution in [3.05, 3.63) is 0 Å². The lowest BCUT2D eigenvalue weighted by atomic mass is 10.1. The van der Waals surface area contributed by atoms with E-state index in [1.165, 1.54) is 0 Å². The third kappa shape index (κ3) is 7.92. The number of unbranched alkanes of at least 4 members (excludes halogenated alkanes) is 3. The Kier molecular flexibility index (Phi) is 8.43. The van der Waals surface area contributed by atoms with Crippen molar-refractivity contribution in [2.75, 3.05) is 7.05 Å². The fourth-order valence-corrected chi connectivity index (χ4v) is 1.37. The van der Waals surface area contributed by atoms with E-state index in [1.807, 2.05) is 0 Å². The first kappa shape index (κ1) is 13.3. The molecule has 0 heterocycles. The Morgan fingerprint density at radius 3 is 2.43 bits per heavy atom. The Balaban J connectivity index is 3.20. The van der Waals surface area contributed by atoms with E-state index in [2.05, 4.69) is 5.32 Å². The lowest BCUT2D eigenvalue weighted by molar-refractivity contribution is -0.117. The minimum absolute atomic E-state index is 0.00260. The maximum Gasteiger partial charge on any atom is 0.136 e. The summed E-state index contributed by atoms with van der Waals surface area (Å²) in [5.41, 5.74) is 0. The van der Waals surface area contributed by atoms with E-state index in [0.29, 0.717) is 6.42 Å². The van der Waals surface area contributed by atoms with Gasteiger partial charge < -0.3 is 14.9 Å². The predicted octanol–water partition coefficient (Wildman–Crippen LogP) is 1.70. The minimum atomic E-state index is 0.00260. The molecule has 0 saturated heterocycles. The summed E-state index contributed by atoms with van der Waals surface area (Å²) in [6, 6.07) is 0.00260. The summed E-state index contributed by atoms with van der Waals surface area (Å²) < 4.78 is 0. The molecule has 0 fully saturated rings. The maximum atomic E-state index is 10.6. The molecule has 0 aromatic carbocycles. The van der Waals surface area contributed by atoms with Gasteiger partial charge in [-0.15, -0.1) is 0 Å². The maximum absolute atomic E-state index is 10.6. The average molecular weight is 199 g/mol. The van der Waals surface area contributed by atoms with Crippen LogP contribution in [0.3, 0.4) is 0 Å². The second-order valence-electron chi connectivity index (χ2n) is 3.69. The normalized spacial score (nSPS) is 12.4. The Labute approximate surface area is 86.3 Å². The second kappa shape index (κ2) is 8.88. The molecule has 3 heteroatoms. The number of likely N-dealkylation sites (N-methyl/N-ethyl adjacent to an activating group) is 1. The Morgan fingerprint density at radius 2 is 1.93 bits per heavy atom. The van der Waals surface area contributed by atoms with E-state index >= 15 is 0 Å². The molecule has 0 aliphatic carbocycles. The summed E-state index contributed by atoms with van der Waals surface area (Å²) in [6.45, 7) is 1.63. The van der Waals surface area contributed by atoms with Crippen LogP contribution in [-0.4, -0.2) is 25.2 Å². The highest BCUT2D eigenvalue weighted by atomic mass is 16.1. The molecule has 0 rings (SSSR count). The smallest absolute Gasteiger partial charge is 0.136 e. The molecule has 0 spiro atoms. The van der Waals surface area contributed by atoms with Crippen LogP contribution in [-0.2, 0) is 9.59 Å². The first-order valence-electron chi connectivity index (χ1n) is 5.32. The van der Waals surface area contributed by atoms with E-state index < -0.39 is 0 Å². The number of carbonyl (C=O) groups is 2. The number of hydrogen-bond donors (Lipinski definition) is 1. The first-order valence-corrected chi connectivity index (χ1v) is 5.32. The number of aldehydes is 1. The number of nitrogens with one attached hydrogen (secondary N) is 1. The van der Waals surface area contributed by atoms with Gasteiger partial charge in [0.25, 0.3) is 0 Å². The topological polar surface area (TPSA) is 46.2 Å². The van der Waals surface area contributed by atoms with Gasteiger partial charge in [0.15, 0.2) is 0 Å².